The highest BCUT2D eigenvalue weighted by Gasteiger charge is 2.28. The van der Waals surface area contributed by atoms with E-state index in [1.165, 1.54) is 0 Å². The van der Waals surface area contributed by atoms with E-state index in [1.807, 2.05) is 36.4 Å². The van der Waals surface area contributed by atoms with Crippen LogP contribution in [-0.4, -0.2) is 28.3 Å². The minimum absolute atomic E-state index is 0.200. The molecule has 2 N–H and O–H groups in total. The standard InChI is InChI=1S/C24H28BNO3/c1-3-8-18(2)21-14-15-25(28)29-24(21)13-12-19(22-10-6-7-16-26-22)17-20-9-4-5-11-23(20)27/h4-7,9-11,14,16-17,24,27-28H,2-3,8,12-13,15H2,1H3/b19-17-. The van der Waals surface area contributed by atoms with Gasteiger partial charge in [-0.2, -0.15) is 0 Å². The van der Waals surface area contributed by atoms with Crippen LogP contribution in [0.3, 0.4) is 0 Å². The molecule has 1 atom stereocenters. The van der Waals surface area contributed by atoms with Crippen LogP contribution in [0.2, 0.25) is 6.32 Å². The number of rotatable bonds is 8. The van der Waals surface area contributed by atoms with Gasteiger partial charge in [0.25, 0.3) is 0 Å². The molecule has 0 aliphatic carbocycles. The van der Waals surface area contributed by atoms with Gasteiger partial charge in [-0.3, -0.25) is 4.98 Å². The van der Waals surface area contributed by atoms with E-state index in [0.29, 0.717) is 19.2 Å². The van der Waals surface area contributed by atoms with Crippen LogP contribution in [0.4, 0.5) is 0 Å². The summed E-state index contributed by atoms with van der Waals surface area (Å²) in [5, 5.41) is 20.2. The second-order valence-corrected chi connectivity index (χ2v) is 7.31. The molecule has 0 saturated carbocycles. The van der Waals surface area contributed by atoms with Gasteiger partial charge < -0.3 is 14.8 Å². The van der Waals surface area contributed by atoms with Gasteiger partial charge in [-0.1, -0.05) is 50.3 Å². The average molecular weight is 389 g/mol. The number of phenolic OH excluding ortho intramolecular Hbond substituents is 1. The third-order valence-electron chi connectivity index (χ3n) is 5.10. The number of hydrogen-bond acceptors (Lipinski definition) is 4. The summed E-state index contributed by atoms with van der Waals surface area (Å²) in [5.74, 6) is 0.238. The number of phenols is 1. The van der Waals surface area contributed by atoms with E-state index in [0.717, 1.165) is 40.8 Å². The first-order valence-corrected chi connectivity index (χ1v) is 10.2. The average Bonchev–Trinajstić information content (AvgIpc) is 2.73. The molecule has 1 aliphatic rings. The zero-order chi connectivity index (χ0) is 20.6. The van der Waals surface area contributed by atoms with Gasteiger partial charge in [-0.15, -0.1) is 0 Å². The molecule has 2 aromatic rings. The summed E-state index contributed by atoms with van der Waals surface area (Å²) < 4.78 is 5.86. The molecule has 0 bridgehead atoms. The van der Waals surface area contributed by atoms with Crippen LogP contribution in [0.5, 0.6) is 5.75 Å². The van der Waals surface area contributed by atoms with E-state index >= 15 is 0 Å². The Kier molecular flexibility index (Phi) is 7.45. The topological polar surface area (TPSA) is 62.6 Å². The summed E-state index contributed by atoms with van der Waals surface area (Å²) in [7, 11) is -0.779. The zero-order valence-electron chi connectivity index (χ0n) is 16.9. The Hall–Kier alpha value is -2.63. The van der Waals surface area contributed by atoms with E-state index in [2.05, 4.69) is 24.6 Å². The first kappa shape index (κ1) is 21.1. The normalized spacial score (nSPS) is 17.2. The number of aromatic hydroxyl groups is 1. The summed E-state index contributed by atoms with van der Waals surface area (Å²) in [6.07, 6.45) is 9.43. The summed E-state index contributed by atoms with van der Waals surface area (Å²) in [6, 6.07) is 13.1. The first-order valence-electron chi connectivity index (χ1n) is 10.2. The fourth-order valence-electron chi connectivity index (χ4n) is 3.63. The van der Waals surface area contributed by atoms with Crippen molar-refractivity contribution in [2.24, 2.45) is 0 Å². The smallest absolute Gasteiger partial charge is 0.458 e. The maximum absolute atomic E-state index is 10.2. The Balaban J connectivity index is 1.84. The van der Waals surface area contributed by atoms with Crippen LogP contribution in [0.1, 0.15) is 43.9 Å². The maximum Gasteiger partial charge on any atom is 0.458 e. The van der Waals surface area contributed by atoms with Crippen LogP contribution in [0.15, 0.2) is 72.5 Å². The van der Waals surface area contributed by atoms with E-state index in [9.17, 15) is 10.1 Å². The van der Waals surface area contributed by atoms with E-state index in [4.69, 9.17) is 4.65 Å². The predicted octanol–water partition coefficient (Wildman–Crippen LogP) is 5.27. The molecular formula is C24H28BNO3. The van der Waals surface area contributed by atoms with Crippen molar-refractivity contribution in [3.8, 4) is 5.75 Å². The number of para-hydroxylation sites is 1. The molecule has 29 heavy (non-hydrogen) atoms. The highest BCUT2D eigenvalue weighted by Crippen LogP contribution is 2.32. The first-order chi connectivity index (χ1) is 14.1. The molecule has 0 saturated heterocycles. The summed E-state index contributed by atoms with van der Waals surface area (Å²) in [6.45, 7) is 6.35. The Bertz CT molecular complexity index is 892. The van der Waals surface area contributed by atoms with Gasteiger partial charge in [-0.05, 0) is 60.3 Å². The summed E-state index contributed by atoms with van der Waals surface area (Å²) >= 11 is 0. The van der Waals surface area contributed by atoms with Crippen molar-refractivity contribution in [3.63, 3.8) is 0 Å². The van der Waals surface area contributed by atoms with Gasteiger partial charge in [0.2, 0.25) is 0 Å². The lowest BCUT2D eigenvalue weighted by atomic mass is 9.77. The van der Waals surface area contributed by atoms with Gasteiger partial charge in [0.1, 0.15) is 5.75 Å². The van der Waals surface area contributed by atoms with Crippen molar-refractivity contribution in [3.05, 3.63) is 83.7 Å². The number of allylic oxidation sites excluding steroid dienone is 2. The van der Waals surface area contributed by atoms with Crippen LogP contribution in [-0.2, 0) is 4.65 Å². The highest BCUT2D eigenvalue weighted by atomic mass is 16.5. The molecule has 1 aromatic heterocycles. The number of pyridine rings is 1. The third-order valence-corrected chi connectivity index (χ3v) is 5.10. The SMILES string of the molecule is C=C(CCC)C1=CCB(O)OC1CC/C(=C/c1ccccc1O)c1ccccn1. The van der Waals surface area contributed by atoms with E-state index < -0.39 is 7.12 Å². The largest absolute Gasteiger partial charge is 0.507 e. The molecule has 0 amide bonds. The highest BCUT2D eigenvalue weighted by molar-refractivity contribution is 6.43. The molecule has 0 radical (unpaired) electrons. The zero-order valence-corrected chi connectivity index (χ0v) is 16.9. The van der Waals surface area contributed by atoms with Crippen LogP contribution in [0, 0.1) is 0 Å². The molecule has 2 heterocycles. The van der Waals surface area contributed by atoms with Crippen molar-refractivity contribution in [1.82, 2.24) is 4.98 Å². The second-order valence-electron chi connectivity index (χ2n) is 7.31. The van der Waals surface area contributed by atoms with E-state index in [1.54, 1.807) is 18.3 Å². The van der Waals surface area contributed by atoms with Crippen LogP contribution in [0.25, 0.3) is 11.6 Å². The second kappa shape index (κ2) is 10.2. The van der Waals surface area contributed by atoms with Gasteiger partial charge >= 0.3 is 7.12 Å². The number of benzene rings is 1. The Morgan fingerprint density at radius 1 is 1.24 bits per heavy atom. The lowest BCUT2D eigenvalue weighted by Crippen LogP contribution is -2.31. The van der Waals surface area contributed by atoms with Gasteiger partial charge in [0.15, 0.2) is 0 Å². The molecule has 5 heteroatoms. The van der Waals surface area contributed by atoms with Crippen LogP contribution < -0.4 is 0 Å². The van der Waals surface area contributed by atoms with Crippen molar-refractivity contribution in [2.45, 2.75) is 45.0 Å². The predicted molar refractivity (Wildman–Crippen MR) is 119 cm³/mol. The van der Waals surface area contributed by atoms with Crippen molar-refractivity contribution in [1.29, 1.82) is 0 Å². The fraction of sp³-hybridized carbons (Fsp3) is 0.292. The number of hydrogen-bond donors (Lipinski definition) is 2. The monoisotopic (exact) mass is 389 g/mol. The summed E-state index contributed by atoms with van der Waals surface area (Å²) in [5.41, 5.74) is 4.80. The maximum atomic E-state index is 10.2. The van der Waals surface area contributed by atoms with Crippen molar-refractivity contribution >= 4 is 18.8 Å². The number of nitrogens with zero attached hydrogens (tertiary/aromatic N) is 1. The molecule has 1 aromatic carbocycles. The van der Waals surface area contributed by atoms with Gasteiger partial charge in [-0.25, -0.2) is 0 Å². The Morgan fingerprint density at radius 3 is 2.76 bits per heavy atom. The molecular weight excluding hydrogens is 361 g/mol. The van der Waals surface area contributed by atoms with Gasteiger partial charge in [0, 0.05) is 18.1 Å². The summed E-state index contributed by atoms with van der Waals surface area (Å²) in [4.78, 5) is 4.49. The number of aromatic nitrogens is 1. The van der Waals surface area contributed by atoms with Gasteiger partial charge in [0.05, 0.1) is 11.8 Å². The Labute approximate surface area is 173 Å². The molecule has 3 rings (SSSR count). The molecule has 0 spiro atoms. The molecule has 4 nitrogen and oxygen atoms in total. The lowest BCUT2D eigenvalue weighted by Gasteiger charge is -2.28. The van der Waals surface area contributed by atoms with Crippen LogP contribution >= 0.6 is 0 Å². The molecule has 1 unspecified atom stereocenters. The van der Waals surface area contributed by atoms with Crippen molar-refractivity contribution in [2.75, 3.05) is 0 Å². The fourth-order valence-corrected chi connectivity index (χ4v) is 3.63. The molecule has 1 aliphatic heterocycles. The van der Waals surface area contributed by atoms with Crippen molar-refractivity contribution < 1.29 is 14.8 Å². The molecule has 150 valence electrons. The minimum Gasteiger partial charge on any atom is -0.507 e. The molecule has 0 fully saturated rings. The minimum atomic E-state index is -0.779. The Morgan fingerprint density at radius 2 is 2.03 bits per heavy atom. The quantitative estimate of drug-likeness (QED) is 0.604. The lowest BCUT2D eigenvalue weighted by molar-refractivity contribution is 0.184. The van der Waals surface area contributed by atoms with E-state index in [-0.39, 0.29) is 11.9 Å². The third kappa shape index (κ3) is 5.69.